The standard InChI is InChI=1S/C22H28N6OS/c1-17-5-4-6-21(18(17)2)28-22(30)27(23-24-28)16-25(3)15-19-7-9-20(10-8-19)26-11-13-29-14-12-26/h4-10H,11-16H2,1-3H3. The first-order valence-corrected chi connectivity index (χ1v) is 10.6. The van der Waals surface area contributed by atoms with Gasteiger partial charge in [0, 0.05) is 25.3 Å². The van der Waals surface area contributed by atoms with Crippen molar-refractivity contribution in [3.63, 3.8) is 0 Å². The van der Waals surface area contributed by atoms with Crippen LogP contribution in [0.2, 0.25) is 0 Å². The van der Waals surface area contributed by atoms with E-state index in [2.05, 4.69) is 71.5 Å². The second kappa shape index (κ2) is 9.07. The SMILES string of the molecule is Cc1cccc(-n2nnn(CN(C)Cc3ccc(N4CCOCC4)cc3)c2=S)c1C. The van der Waals surface area contributed by atoms with Crippen LogP contribution in [-0.4, -0.2) is 58.0 Å². The fourth-order valence-corrected chi connectivity index (χ4v) is 3.93. The molecule has 2 aromatic carbocycles. The van der Waals surface area contributed by atoms with Crippen molar-refractivity contribution in [1.29, 1.82) is 0 Å². The van der Waals surface area contributed by atoms with Crippen molar-refractivity contribution >= 4 is 17.9 Å². The fraction of sp³-hybridized carbons (Fsp3) is 0.409. The van der Waals surface area contributed by atoms with E-state index in [9.17, 15) is 0 Å². The minimum atomic E-state index is 0.578. The molecule has 158 valence electrons. The molecule has 1 aromatic heterocycles. The van der Waals surface area contributed by atoms with Crippen molar-refractivity contribution in [2.24, 2.45) is 0 Å². The van der Waals surface area contributed by atoms with Gasteiger partial charge in [-0.15, -0.1) is 0 Å². The summed E-state index contributed by atoms with van der Waals surface area (Å²) in [7, 11) is 2.06. The van der Waals surface area contributed by atoms with Gasteiger partial charge in [-0.1, -0.05) is 24.3 Å². The number of aryl methyl sites for hydroxylation is 1. The predicted molar refractivity (Wildman–Crippen MR) is 121 cm³/mol. The number of rotatable bonds is 6. The molecule has 3 aromatic rings. The zero-order chi connectivity index (χ0) is 21.1. The van der Waals surface area contributed by atoms with Crippen molar-refractivity contribution in [1.82, 2.24) is 24.7 Å². The van der Waals surface area contributed by atoms with Crippen LogP contribution >= 0.6 is 12.2 Å². The molecule has 1 aliphatic rings. The highest BCUT2D eigenvalue weighted by atomic mass is 32.1. The molecule has 1 fully saturated rings. The quantitative estimate of drug-likeness (QED) is 0.566. The maximum absolute atomic E-state index is 5.64. The van der Waals surface area contributed by atoms with Crippen molar-refractivity contribution in [3.05, 3.63) is 63.9 Å². The first kappa shape index (κ1) is 20.7. The molecule has 7 nitrogen and oxygen atoms in total. The molecular formula is C22H28N6OS. The molecule has 0 spiro atoms. The summed E-state index contributed by atoms with van der Waals surface area (Å²) in [6.45, 7) is 9.06. The molecule has 0 saturated carbocycles. The topological polar surface area (TPSA) is 51.4 Å². The Morgan fingerprint density at radius 3 is 2.50 bits per heavy atom. The number of nitrogens with zero attached hydrogens (tertiary/aromatic N) is 6. The smallest absolute Gasteiger partial charge is 0.221 e. The third-order valence-corrected chi connectivity index (χ3v) is 5.97. The van der Waals surface area contributed by atoms with Crippen LogP contribution in [-0.2, 0) is 18.0 Å². The Morgan fingerprint density at radius 1 is 1.03 bits per heavy atom. The Kier molecular flexibility index (Phi) is 6.26. The lowest BCUT2D eigenvalue weighted by atomic mass is 10.1. The van der Waals surface area contributed by atoms with Crippen molar-refractivity contribution in [2.75, 3.05) is 38.3 Å². The fourth-order valence-electron chi connectivity index (χ4n) is 3.70. The number of hydrogen-bond acceptors (Lipinski definition) is 6. The van der Waals surface area contributed by atoms with Gasteiger partial charge in [-0.05, 0) is 78.4 Å². The summed E-state index contributed by atoms with van der Waals surface area (Å²) in [6, 6.07) is 14.9. The molecule has 4 rings (SSSR count). The number of benzene rings is 2. The second-order valence-corrected chi connectivity index (χ2v) is 8.18. The minimum Gasteiger partial charge on any atom is -0.378 e. The van der Waals surface area contributed by atoms with E-state index < -0.39 is 0 Å². The van der Waals surface area contributed by atoms with Crippen molar-refractivity contribution in [3.8, 4) is 5.69 Å². The van der Waals surface area contributed by atoms with Crippen LogP contribution in [0.5, 0.6) is 0 Å². The number of anilines is 1. The van der Waals surface area contributed by atoms with E-state index in [1.54, 1.807) is 9.36 Å². The summed E-state index contributed by atoms with van der Waals surface area (Å²) >= 11 is 5.64. The molecule has 8 heteroatoms. The number of tetrazole rings is 1. The zero-order valence-corrected chi connectivity index (χ0v) is 18.6. The van der Waals surface area contributed by atoms with Gasteiger partial charge in [0.05, 0.1) is 25.6 Å². The summed E-state index contributed by atoms with van der Waals surface area (Å²) < 4.78 is 9.53. The van der Waals surface area contributed by atoms with E-state index >= 15 is 0 Å². The molecule has 0 radical (unpaired) electrons. The van der Waals surface area contributed by atoms with Gasteiger partial charge >= 0.3 is 0 Å². The zero-order valence-electron chi connectivity index (χ0n) is 17.8. The second-order valence-electron chi connectivity index (χ2n) is 7.81. The average molecular weight is 425 g/mol. The number of morpholine rings is 1. The van der Waals surface area contributed by atoms with Gasteiger partial charge in [0.15, 0.2) is 0 Å². The lowest BCUT2D eigenvalue weighted by Crippen LogP contribution is -2.36. The lowest BCUT2D eigenvalue weighted by Gasteiger charge is -2.29. The molecule has 0 aliphatic carbocycles. The minimum absolute atomic E-state index is 0.578. The van der Waals surface area contributed by atoms with Gasteiger partial charge in [-0.3, -0.25) is 4.90 Å². The van der Waals surface area contributed by atoms with Gasteiger partial charge in [0.25, 0.3) is 0 Å². The van der Waals surface area contributed by atoms with E-state index in [0.29, 0.717) is 11.4 Å². The van der Waals surface area contributed by atoms with Crippen LogP contribution in [0.3, 0.4) is 0 Å². The highest BCUT2D eigenvalue weighted by Crippen LogP contribution is 2.18. The van der Waals surface area contributed by atoms with E-state index in [1.165, 1.54) is 16.8 Å². The first-order valence-electron chi connectivity index (χ1n) is 10.2. The molecule has 0 unspecified atom stereocenters. The monoisotopic (exact) mass is 424 g/mol. The highest BCUT2D eigenvalue weighted by Gasteiger charge is 2.13. The molecule has 30 heavy (non-hydrogen) atoms. The Balaban J connectivity index is 1.42. The van der Waals surface area contributed by atoms with Crippen molar-refractivity contribution < 1.29 is 4.74 Å². The molecule has 0 bridgehead atoms. The van der Waals surface area contributed by atoms with Crippen LogP contribution in [0.4, 0.5) is 5.69 Å². The van der Waals surface area contributed by atoms with Crippen LogP contribution in [0.15, 0.2) is 42.5 Å². The van der Waals surface area contributed by atoms with Gasteiger partial charge in [0.2, 0.25) is 4.77 Å². The van der Waals surface area contributed by atoms with E-state index in [0.717, 1.165) is 44.1 Å². The van der Waals surface area contributed by atoms with E-state index in [4.69, 9.17) is 17.0 Å². The van der Waals surface area contributed by atoms with Crippen LogP contribution < -0.4 is 4.90 Å². The van der Waals surface area contributed by atoms with Crippen LogP contribution in [0, 0.1) is 18.6 Å². The summed E-state index contributed by atoms with van der Waals surface area (Å²) in [5, 5.41) is 8.58. The van der Waals surface area contributed by atoms with Crippen LogP contribution in [0.25, 0.3) is 5.69 Å². The van der Waals surface area contributed by atoms with Gasteiger partial charge < -0.3 is 9.64 Å². The van der Waals surface area contributed by atoms with Crippen LogP contribution in [0.1, 0.15) is 16.7 Å². The first-order chi connectivity index (χ1) is 14.5. The molecular weight excluding hydrogens is 396 g/mol. The maximum atomic E-state index is 5.64. The normalized spacial score (nSPS) is 14.5. The maximum Gasteiger partial charge on any atom is 0.221 e. The Bertz CT molecular complexity index is 1050. The number of hydrogen-bond donors (Lipinski definition) is 0. The lowest BCUT2D eigenvalue weighted by molar-refractivity contribution is 0.122. The Hall–Kier alpha value is -2.55. The molecule has 0 amide bonds. The van der Waals surface area contributed by atoms with Gasteiger partial charge in [-0.2, -0.15) is 4.68 Å². The van der Waals surface area contributed by atoms with Crippen molar-refractivity contribution in [2.45, 2.75) is 27.1 Å². The summed E-state index contributed by atoms with van der Waals surface area (Å²) in [5.74, 6) is 0. The molecule has 0 atom stereocenters. The summed E-state index contributed by atoms with van der Waals surface area (Å²) in [4.78, 5) is 4.55. The molecule has 0 N–H and O–H groups in total. The third kappa shape index (κ3) is 4.45. The molecule has 1 aliphatic heterocycles. The largest absolute Gasteiger partial charge is 0.378 e. The molecule has 1 saturated heterocycles. The van der Waals surface area contributed by atoms with Gasteiger partial charge in [-0.25, -0.2) is 4.68 Å². The average Bonchev–Trinajstić information content (AvgIpc) is 3.11. The summed E-state index contributed by atoms with van der Waals surface area (Å²) in [6.07, 6.45) is 0. The Labute approximate surface area is 182 Å². The van der Waals surface area contributed by atoms with E-state index in [1.807, 2.05) is 12.1 Å². The van der Waals surface area contributed by atoms with Gasteiger partial charge in [0.1, 0.15) is 0 Å². The van der Waals surface area contributed by atoms with E-state index in [-0.39, 0.29) is 0 Å². The number of ether oxygens (including phenoxy) is 1. The third-order valence-electron chi connectivity index (χ3n) is 5.58. The summed E-state index contributed by atoms with van der Waals surface area (Å²) in [5.41, 5.74) is 5.86. The molecule has 2 heterocycles. The highest BCUT2D eigenvalue weighted by molar-refractivity contribution is 7.71. The number of aromatic nitrogens is 4. The Morgan fingerprint density at radius 2 is 1.77 bits per heavy atom. The predicted octanol–water partition coefficient (Wildman–Crippen LogP) is 3.34.